The summed E-state index contributed by atoms with van der Waals surface area (Å²) in [5.41, 5.74) is 0. The van der Waals surface area contributed by atoms with Crippen LogP contribution in [0.25, 0.3) is 0 Å². The van der Waals surface area contributed by atoms with Gasteiger partial charge in [0.1, 0.15) is 0 Å². The number of nitrogens with one attached hydrogen (secondary N) is 1. The highest BCUT2D eigenvalue weighted by atomic mass is 31.2. The highest BCUT2D eigenvalue weighted by Gasteiger charge is 2.23. The van der Waals surface area contributed by atoms with Gasteiger partial charge in [-0.3, -0.25) is 23.8 Å². The molecule has 0 bridgehead atoms. The Balaban J connectivity index is 2.10. The van der Waals surface area contributed by atoms with Crippen molar-refractivity contribution in [2.75, 3.05) is 33.0 Å². The van der Waals surface area contributed by atoms with Crippen molar-refractivity contribution in [1.29, 1.82) is 0 Å². The molecule has 3 N–H and O–H groups in total. The lowest BCUT2D eigenvalue weighted by molar-refractivity contribution is -0.137. The molecule has 0 aromatic heterocycles. The molecule has 1 aliphatic rings. The molecule has 1 heterocycles. The van der Waals surface area contributed by atoms with Crippen LogP contribution in [0.3, 0.4) is 0 Å². The minimum absolute atomic E-state index is 0.0130. The molecule has 25 heavy (non-hydrogen) atoms. The maximum absolute atomic E-state index is 11.7. The van der Waals surface area contributed by atoms with Crippen LogP contribution in [0.4, 0.5) is 0 Å². The van der Waals surface area contributed by atoms with Crippen molar-refractivity contribution >= 4 is 25.3 Å². The topological polar surface area (TPSA) is 133 Å². The summed E-state index contributed by atoms with van der Waals surface area (Å²) in [6.07, 6.45) is 4.39. The number of hydrogen-bond donors (Lipinski definition) is 3. The zero-order chi connectivity index (χ0) is 18.9. The number of amides is 3. The normalized spacial score (nSPS) is 17.6. The summed E-state index contributed by atoms with van der Waals surface area (Å²) in [7, 11) is -3.54. The first kappa shape index (κ1) is 21.5. The Kier molecular flexibility index (Phi) is 8.99. The van der Waals surface area contributed by atoms with Gasteiger partial charge in [0.05, 0.1) is 6.61 Å². The Bertz CT molecular complexity index is 540. The fraction of sp³-hybridized carbons (Fsp3) is 0.667. The van der Waals surface area contributed by atoms with Crippen LogP contribution in [0.15, 0.2) is 12.2 Å². The first-order valence-electron chi connectivity index (χ1n) is 8.09. The Hall–Kier alpha value is -1.54. The molecular formula is C15H25N2O7P. The Morgan fingerprint density at radius 1 is 1.32 bits per heavy atom. The van der Waals surface area contributed by atoms with Crippen LogP contribution in [0.5, 0.6) is 0 Å². The smallest absolute Gasteiger partial charge is 0.325 e. The molecule has 0 aliphatic carbocycles. The van der Waals surface area contributed by atoms with E-state index in [1.807, 2.05) is 0 Å². The molecular weight excluding hydrogens is 351 g/mol. The quantitative estimate of drug-likeness (QED) is 0.249. The van der Waals surface area contributed by atoms with Gasteiger partial charge < -0.3 is 19.8 Å². The van der Waals surface area contributed by atoms with E-state index >= 15 is 0 Å². The first-order chi connectivity index (χ1) is 11.7. The molecule has 0 spiro atoms. The lowest BCUT2D eigenvalue weighted by Gasteiger charge is -2.16. The molecule has 142 valence electrons. The molecule has 0 fully saturated rings. The second kappa shape index (κ2) is 10.5. The van der Waals surface area contributed by atoms with E-state index in [4.69, 9.17) is 9.42 Å². The molecule has 2 unspecified atom stereocenters. The van der Waals surface area contributed by atoms with E-state index in [0.29, 0.717) is 25.8 Å². The number of rotatable bonds is 12. The third-order valence-corrected chi connectivity index (χ3v) is 4.26. The van der Waals surface area contributed by atoms with E-state index < -0.39 is 19.4 Å². The predicted octanol–water partition coefficient (Wildman–Crippen LogP) is 0.0283. The van der Waals surface area contributed by atoms with E-state index in [9.17, 15) is 24.1 Å². The van der Waals surface area contributed by atoms with E-state index in [1.165, 1.54) is 12.2 Å². The lowest BCUT2D eigenvalue weighted by atomic mass is 10.0. The van der Waals surface area contributed by atoms with Gasteiger partial charge in [0.15, 0.2) is 0 Å². The molecule has 1 aliphatic heterocycles. The second-order valence-corrected chi connectivity index (χ2v) is 7.77. The van der Waals surface area contributed by atoms with Crippen molar-refractivity contribution < 1.29 is 33.5 Å². The summed E-state index contributed by atoms with van der Waals surface area (Å²) in [5.74, 6) is -1.29. The molecule has 1 rings (SSSR count). The van der Waals surface area contributed by atoms with E-state index in [0.717, 1.165) is 11.6 Å². The zero-order valence-corrected chi connectivity index (χ0v) is 15.1. The average molecular weight is 376 g/mol. The SMILES string of the molecule is CP(=O)(O)OCC(CO)CCCCNC(=O)CCN1C(=O)C=CC1=O. The van der Waals surface area contributed by atoms with E-state index in [2.05, 4.69) is 5.32 Å². The van der Waals surface area contributed by atoms with Crippen molar-refractivity contribution in [3.05, 3.63) is 12.2 Å². The number of hydrogen-bond acceptors (Lipinski definition) is 6. The number of nitrogens with zero attached hydrogens (tertiary/aromatic N) is 1. The molecule has 9 nitrogen and oxygen atoms in total. The number of imide groups is 1. The third-order valence-electron chi connectivity index (χ3n) is 3.63. The summed E-state index contributed by atoms with van der Waals surface area (Å²) in [4.78, 5) is 44.4. The molecule has 0 radical (unpaired) electrons. The highest BCUT2D eigenvalue weighted by Crippen LogP contribution is 2.37. The van der Waals surface area contributed by atoms with Crippen molar-refractivity contribution in [3.8, 4) is 0 Å². The number of aliphatic hydroxyl groups excluding tert-OH is 1. The Labute approximate surface area is 146 Å². The van der Waals surface area contributed by atoms with Crippen LogP contribution in [-0.4, -0.2) is 65.6 Å². The van der Waals surface area contributed by atoms with Crippen molar-refractivity contribution in [2.45, 2.75) is 25.7 Å². The molecule has 2 atom stereocenters. The van der Waals surface area contributed by atoms with Crippen molar-refractivity contribution in [3.63, 3.8) is 0 Å². The van der Waals surface area contributed by atoms with Gasteiger partial charge in [-0.25, -0.2) is 0 Å². The van der Waals surface area contributed by atoms with Gasteiger partial charge in [0, 0.05) is 50.9 Å². The monoisotopic (exact) mass is 376 g/mol. The van der Waals surface area contributed by atoms with Gasteiger partial charge in [0.2, 0.25) is 5.91 Å². The van der Waals surface area contributed by atoms with Crippen LogP contribution in [-0.2, 0) is 23.5 Å². The zero-order valence-electron chi connectivity index (χ0n) is 14.2. The molecule has 0 aromatic rings. The maximum atomic E-state index is 11.7. The lowest BCUT2D eigenvalue weighted by Crippen LogP contribution is -2.34. The fourth-order valence-corrected chi connectivity index (χ4v) is 2.70. The van der Waals surface area contributed by atoms with Gasteiger partial charge in [0.25, 0.3) is 11.8 Å². The van der Waals surface area contributed by atoms with Crippen molar-refractivity contribution in [1.82, 2.24) is 10.2 Å². The molecule has 10 heteroatoms. The summed E-state index contributed by atoms with van der Waals surface area (Å²) in [5, 5.41) is 11.9. The van der Waals surface area contributed by atoms with Crippen LogP contribution in [0.1, 0.15) is 25.7 Å². The van der Waals surface area contributed by atoms with Gasteiger partial charge in [-0.2, -0.15) is 0 Å². The molecule has 3 amide bonds. The largest absolute Gasteiger partial charge is 0.396 e. The number of carbonyl (C=O) groups excluding carboxylic acids is 3. The number of aliphatic hydroxyl groups is 1. The summed E-state index contributed by atoms with van der Waals surface area (Å²) < 4.78 is 15.8. The minimum Gasteiger partial charge on any atom is -0.396 e. The Morgan fingerprint density at radius 2 is 1.96 bits per heavy atom. The summed E-state index contributed by atoms with van der Waals surface area (Å²) in [6.45, 7) is 1.45. The number of carbonyl (C=O) groups is 3. The van der Waals surface area contributed by atoms with Crippen LogP contribution in [0, 0.1) is 5.92 Å². The maximum Gasteiger partial charge on any atom is 0.325 e. The minimum atomic E-state index is -3.54. The molecule has 0 aromatic carbocycles. The summed E-state index contributed by atoms with van der Waals surface area (Å²) in [6, 6.07) is 0. The fourth-order valence-electron chi connectivity index (χ4n) is 2.21. The van der Waals surface area contributed by atoms with Crippen LogP contribution >= 0.6 is 7.60 Å². The van der Waals surface area contributed by atoms with Gasteiger partial charge in [-0.15, -0.1) is 0 Å². The van der Waals surface area contributed by atoms with E-state index in [-0.39, 0.29) is 38.0 Å². The van der Waals surface area contributed by atoms with E-state index in [1.54, 1.807) is 0 Å². The molecule has 0 saturated carbocycles. The standard InChI is InChI=1S/C15H25N2O7P/c1-25(22,23)24-11-12(10-18)4-2-3-8-16-13(19)7-9-17-14(20)5-6-15(17)21/h5-6,12,18H,2-4,7-11H2,1H3,(H,16,19)(H,22,23). The van der Waals surface area contributed by atoms with Crippen LogP contribution < -0.4 is 5.32 Å². The average Bonchev–Trinajstić information content (AvgIpc) is 2.85. The molecule has 0 saturated heterocycles. The van der Waals surface area contributed by atoms with Gasteiger partial charge in [-0.1, -0.05) is 6.42 Å². The number of unbranched alkanes of at least 4 members (excludes halogenated alkanes) is 1. The predicted molar refractivity (Wildman–Crippen MR) is 89.6 cm³/mol. The van der Waals surface area contributed by atoms with Crippen LogP contribution in [0.2, 0.25) is 0 Å². The Morgan fingerprint density at radius 3 is 2.52 bits per heavy atom. The van der Waals surface area contributed by atoms with Crippen molar-refractivity contribution in [2.24, 2.45) is 5.92 Å². The second-order valence-electron chi connectivity index (χ2n) is 5.90. The highest BCUT2D eigenvalue weighted by molar-refractivity contribution is 7.51. The summed E-state index contributed by atoms with van der Waals surface area (Å²) >= 11 is 0. The first-order valence-corrected chi connectivity index (χ1v) is 10.1. The van der Waals surface area contributed by atoms with Gasteiger partial charge >= 0.3 is 7.60 Å². The third kappa shape index (κ3) is 8.92. The van der Waals surface area contributed by atoms with Gasteiger partial charge in [-0.05, 0) is 12.8 Å².